The van der Waals surface area contributed by atoms with E-state index in [0.29, 0.717) is 29.4 Å². The van der Waals surface area contributed by atoms with Crippen LogP contribution in [0.1, 0.15) is 56.3 Å². The molecule has 1 heterocycles. The van der Waals surface area contributed by atoms with Crippen molar-refractivity contribution in [2.24, 2.45) is 11.8 Å². The summed E-state index contributed by atoms with van der Waals surface area (Å²) >= 11 is 1.30. The highest BCUT2D eigenvalue weighted by Gasteiger charge is 2.29. The van der Waals surface area contributed by atoms with Crippen molar-refractivity contribution in [3.05, 3.63) is 5.56 Å². The van der Waals surface area contributed by atoms with E-state index in [1.54, 1.807) is 0 Å². The zero-order valence-corrected chi connectivity index (χ0v) is 13.5. The van der Waals surface area contributed by atoms with Gasteiger partial charge in [0.15, 0.2) is 5.82 Å². The standard InChI is InChI=1S/C15H24N4OS/c1-8-3-4-11(7-9(8)2)18-15-12(13(16)19-21-15)14(20)17-10-5-6-10/h8-11,18H,3-7H2,1-2H3,(H2,16,19)(H,17,20). The van der Waals surface area contributed by atoms with Crippen molar-refractivity contribution >= 4 is 28.3 Å². The lowest BCUT2D eigenvalue weighted by molar-refractivity contribution is 0.0953. The summed E-state index contributed by atoms with van der Waals surface area (Å²) in [7, 11) is 0. The van der Waals surface area contributed by atoms with Crippen LogP contribution >= 0.6 is 11.5 Å². The molecule has 2 saturated carbocycles. The highest BCUT2D eigenvalue weighted by Crippen LogP contribution is 2.34. The molecule has 0 bridgehead atoms. The van der Waals surface area contributed by atoms with Crippen LogP contribution in [0.25, 0.3) is 0 Å². The number of rotatable bonds is 4. The zero-order chi connectivity index (χ0) is 15.0. The first-order valence-electron chi connectivity index (χ1n) is 7.87. The largest absolute Gasteiger partial charge is 0.382 e. The second kappa shape index (κ2) is 5.83. The number of hydrogen-bond acceptors (Lipinski definition) is 5. The Balaban J connectivity index is 1.69. The third kappa shape index (κ3) is 3.31. The summed E-state index contributed by atoms with van der Waals surface area (Å²) in [6, 6.07) is 0.753. The Hall–Kier alpha value is -1.30. The van der Waals surface area contributed by atoms with E-state index in [9.17, 15) is 4.79 Å². The Bertz CT molecular complexity index is 526. The Labute approximate surface area is 129 Å². The first kappa shape index (κ1) is 14.6. The number of nitrogens with two attached hydrogens (primary N) is 1. The van der Waals surface area contributed by atoms with Crippen molar-refractivity contribution in [3.63, 3.8) is 0 Å². The molecule has 0 aromatic carbocycles. The molecule has 0 saturated heterocycles. The highest BCUT2D eigenvalue weighted by molar-refractivity contribution is 7.11. The maximum Gasteiger partial charge on any atom is 0.258 e. The number of amides is 1. The minimum absolute atomic E-state index is 0.0801. The molecule has 116 valence electrons. The van der Waals surface area contributed by atoms with Crippen LogP contribution in [0.5, 0.6) is 0 Å². The first-order valence-corrected chi connectivity index (χ1v) is 8.64. The Morgan fingerprint density at radius 2 is 1.90 bits per heavy atom. The van der Waals surface area contributed by atoms with Crippen molar-refractivity contribution in [1.82, 2.24) is 9.69 Å². The van der Waals surface area contributed by atoms with Gasteiger partial charge in [-0.15, -0.1) is 0 Å². The molecule has 2 aliphatic rings. The number of nitrogens with zero attached hydrogens (tertiary/aromatic N) is 1. The monoisotopic (exact) mass is 308 g/mol. The topological polar surface area (TPSA) is 80.0 Å². The van der Waals surface area contributed by atoms with E-state index in [1.807, 2.05) is 0 Å². The molecule has 0 radical (unpaired) electrons. The van der Waals surface area contributed by atoms with Gasteiger partial charge in [0.1, 0.15) is 10.6 Å². The van der Waals surface area contributed by atoms with Crippen LogP contribution in [0.4, 0.5) is 10.8 Å². The number of nitrogen functional groups attached to an aromatic ring is 1. The van der Waals surface area contributed by atoms with Gasteiger partial charge in [-0.1, -0.05) is 13.8 Å². The van der Waals surface area contributed by atoms with E-state index in [4.69, 9.17) is 5.73 Å². The average Bonchev–Trinajstić information content (AvgIpc) is 3.17. The molecule has 1 aromatic rings. The summed E-state index contributed by atoms with van der Waals surface area (Å²) in [5.74, 6) is 1.76. The number of carbonyl (C=O) groups excluding carboxylic acids is 1. The molecule has 3 unspecified atom stereocenters. The van der Waals surface area contributed by atoms with Crippen molar-refractivity contribution in [3.8, 4) is 0 Å². The molecule has 3 atom stereocenters. The van der Waals surface area contributed by atoms with Crippen LogP contribution in [-0.4, -0.2) is 22.4 Å². The van der Waals surface area contributed by atoms with Crippen LogP contribution in [0.2, 0.25) is 0 Å². The van der Waals surface area contributed by atoms with Crippen molar-refractivity contribution in [2.75, 3.05) is 11.1 Å². The lowest BCUT2D eigenvalue weighted by Crippen LogP contribution is -2.31. The van der Waals surface area contributed by atoms with Crippen LogP contribution in [0, 0.1) is 11.8 Å². The molecule has 1 aromatic heterocycles. The van der Waals surface area contributed by atoms with E-state index in [1.165, 1.54) is 18.0 Å². The molecule has 2 aliphatic carbocycles. The molecule has 21 heavy (non-hydrogen) atoms. The maximum absolute atomic E-state index is 12.3. The summed E-state index contributed by atoms with van der Waals surface area (Å²) in [5.41, 5.74) is 6.43. The van der Waals surface area contributed by atoms with Gasteiger partial charge in [0, 0.05) is 12.1 Å². The fourth-order valence-corrected chi connectivity index (χ4v) is 3.76. The van der Waals surface area contributed by atoms with Crippen molar-refractivity contribution < 1.29 is 4.79 Å². The lowest BCUT2D eigenvalue weighted by Gasteiger charge is -2.32. The van der Waals surface area contributed by atoms with Crippen LogP contribution < -0.4 is 16.4 Å². The Morgan fingerprint density at radius 3 is 2.57 bits per heavy atom. The highest BCUT2D eigenvalue weighted by atomic mass is 32.1. The SMILES string of the molecule is CC1CCC(Nc2snc(N)c2C(=O)NC2CC2)CC1C. The fourth-order valence-electron chi connectivity index (χ4n) is 2.97. The number of anilines is 2. The van der Waals surface area contributed by atoms with Gasteiger partial charge in [-0.25, -0.2) is 0 Å². The minimum Gasteiger partial charge on any atom is -0.382 e. The third-order valence-electron chi connectivity index (χ3n) is 4.79. The van der Waals surface area contributed by atoms with Gasteiger partial charge in [0.05, 0.1) is 0 Å². The molecule has 3 rings (SSSR count). The lowest BCUT2D eigenvalue weighted by atomic mass is 9.79. The van der Waals surface area contributed by atoms with Gasteiger partial charge >= 0.3 is 0 Å². The quantitative estimate of drug-likeness (QED) is 0.799. The van der Waals surface area contributed by atoms with Crippen LogP contribution in [-0.2, 0) is 0 Å². The molecule has 2 fully saturated rings. The minimum atomic E-state index is -0.0801. The van der Waals surface area contributed by atoms with Crippen molar-refractivity contribution in [1.29, 1.82) is 0 Å². The van der Waals surface area contributed by atoms with Gasteiger partial charge in [-0.2, -0.15) is 4.37 Å². The number of hydrogen-bond donors (Lipinski definition) is 3. The fraction of sp³-hybridized carbons (Fsp3) is 0.733. The molecule has 6 heteroatoms. The van der Waals surface area contributed by atoms with Gasteiger partial charge in [-0.05, 0) is 55.5 Å². The normalized spacial score (nSPS) is 29.1. The molecule has 0 aliphatic heterocycles. The number of nitrogens with one attached hydrogen (secondary N) is 2. The van der Waals surface area contributed by atoms with E-state index in [0.717, 1.165) is 36.6 Å². The predicted octanol–water partition coefficient (Wildman–Crippen LogP) is 2.85. The van der Waals surface area contributed by atoms with Gasteiger partial charge in [-0.3, -0.25) is 4.79 Å². The molecule has 0 spiro atoms. The summed E-state index contributed by atoms with van der Waals surface area (Å²) in [6.07, 6.45) is 5.67. The van der Waals surface area contributed by atoms with Gasteiger partial charge in [0.2, 0.25) is 0 Å². The summed E-state index contributed by atoms with van der Waals surface area (Å²) in [5, 5.41) is 7.34. The second-order valence-corrected chi connectivity index (χ2v) is 7.40. The molecular formula is C15H24N4OS. The summed E-state index contributed by atoms with van der Waals surface area (Å²) in [4.78, 5) is 12.3. The smallest absolute Gasteiger partial charge is 0.258 e. The first-order chi connectivity index (χ1) is 10.0. The van der Waals surface area contributed by atoms with E-state index >= 15 is 0 Å². The van der Waals surface area contributed by atoms with Gasteiger partial charge in [0.25, 0.3) is 5.91 Å². The van der Waals surface area contributed by atoms with E-state index in [2.05, 4.69) is 28.9 Å². The van der Waals surface area contributed by atoms with E-state index < -0.39 is 0 Å². The Morgan fingerprint density at radius 1 is 1.19 bits per heavy atom. The molecule has 4 N–H and O–H groups in total. The predicted molar refractivity (Wildman–Crippen MR) is 86.6 cm³/mol. The molecule has 1 amide bonds. The van der Waals surface area contributed by atoms with Crippen LogP contribution in [0.3, 0.4) is 0 Å². The van der Waals surface area contributed by atoms with Crippen LogP contribution in [0.15, 0.2) is 0 Å². The van der Waals surface area contributed by atoms with E-state index in [-0.39, 0.29) is 5.91 Å². The van der Waals surface area contributed by atoms with Gasteiger partial charge < -0.3 is 16.4 Å². The second-order valence-electron chi connectivity index (χ2n) is 6.63. The summed E-state index contributed by atoms with van der Waals surface area (Å²) in [6.45, 7) is 4.63. The maximum atomic E-state index is 12.3. The number of aromatic nitrogens is 1. The Kier molecular flexibility index (Phi) is 4.06. The molecular weight excluding hydrogens is 284 g/mol. The average molecular weight is 308 g/mol. The molecule has 5 nitrogen and oxygen atoms in total. The summed E-state index contributed by atoms with van der Waals surface area (Å²) < 4.78 is 4.16. The third-order valence-corrected chi connectivity index (χ3v) is 5.58. The zero-order valence-electron chi connectivity index (χ0n) is 12.7. The number of carbonyl (C=O) groups is 1. The van der Waals surface area contributed by atoms with Crippen molar-refractivity contribution in [2.45, 2.75) is 58.0 Å².